The molecule has 11 heteroatoms. The van der Waals surface area contributed by atoms with Crippen molar-refractivity contribution in [2.75, 3.05) is 11.3 Å². The van der Waals surface area contributed by atoms with Crippen LogP contribution in [0.5, 0.6) is 0 Å². The lowest BCUT2D eigenvalue weighted by Crippen LogP contribution is -2.28. The summed E-state index contributed by atoms with van der Waals surface area (Å²) in [5.74, 6) is 3.31. The number of hydrogen-bond acceptors (Lipinski definition) is 8. The van der Waals surface area contributed by atoms with Gasteiger partial charge in [-0.15, -0.1) is 10.2 Å². The van der Waals surface area contributed by atoms with Crippen molar-refractivity contribution >= 4 is 40.6 Å². The van der Waals surface area contributed by atoms with E-state index in [1.165, 1.54) is 0 Å². The van der Waals surface area contributed by atoms with E-state index in [1.54, 1.807) is 55.5 Å². The van der Waals surface area contributed by atoms with Gasteiger partial charge in [0, 0.05) is 10.0 Å². The normalized spacial score (nSPS) is 13.0. The Morgan fingerprint density at radius 1 is 1.00 bits per heavy atom. The average molecular weight is 467 g/mol. The van der Waals surface area contributed by atoms with Gasteiger partial charge in [0.25, 0.3) is 5.95 Å². The molecule has 0 aliphatic heterocycles. The number of aryl methyl sites for hydroxylation is 1. The molecule has 32 heavy (non-hydrogen) atoms. The van der Waals surface area contributed by atoms with Crippen LogP contribution < -0.4 is 11.3 Å². The third-order valence-electron chi connectivity index (χ3n) is 4.60. The van der Waals surface area contributed by atoms with E-state index in [0.29, 0.717) is 27.0 Å². The van der Waals surface area contributed by atoms with E-state index in [-0.39, 0.29) is 11.7 Å². The van der Waals surface area contributed by atoms with Crippen molar-refractivity contribution in [3.05, 3.63) is 75.5 Å². The van der Waals surface area contributed by atoms with Crippen molar-refractivity contribution in [3.63, 3.8) is 0 Å². The molecule has 0 aliphatic rings. The Hall–Kier alpha value is -3.92. The van der Waals surface area contributed by atoms with Crippen LogP contribution in [0.3, 0.4) is 0 Å². The zero-order valence-electron chi connectivity index (χ0n) is 16.7. The van der Waals surface area contributed by atoms with E-state index in [4.69, 9.17) is 29.0 Å². The molecule has 9 nitrogen and oxygen atoms in total. The molecule has 3 aromatic rings. The van der Waals surface area contributed by atoms with Gasteiger partial charge in [-0.3, -0.25) is 4.79 Å². The first-order chi connectivity index (χ1) is 15.3. The van der Waals surface area contributed by atoms with Gasteiger partial charge in [0.15, 0.2) is 5.82 Å². The van der Waals surface area contributed by atoms with Gasteiger partial charge in [-0.1, -0.05) is 47.5 Å². The molecule has 0 fully saturated rings. The third kappa shape index (κ3) is 4.86. The van der Waals surface area contributed by atoms with Gasteiger partial charge in [0.05, 0.1) is 12.1 Å². The van der Waals surface area contributed by atoms with Crippen molar-refractivity contribution in [2.45, 2.75) is 18.8 Å². The molecule has 2 unspecified atom stereocenters. The van der Waals surface area contributed by atoms with Crippen LogP contribution in [0.25, 0.3) is 0 Å². The van der Waals surface area contributed by atoms with Gasteiger partial charge >= 0.3 is 0 Å². The first kappa shape index (κ1) is 22.8. The first-order valence-electron chi connectivity index (χ1n) is 9.20. The molecule has 3 rings (SSSR count). The highest BCUT2D eigenvalue weighted by atomic mass is 35.5. The number of rotatable bonds is 7. The van der Waals surface area contributed by atoms with E-state index >= 15 is 0 Å². The minimum Gasteiger partial charge on any atom is -0.335 e. The van der Waals surface area contributed by atoms with E-state index in [2.05, 4.69) is 26.8 Å². The van der Waals surface area contributed by atoms with Gasteiger partial charge < -0.3 is 5.84 Å². The molecule has 3 N–H and O–H groups in total. The molecule has 0 amide bonds. The smallest absolute Gasteiger partial charge is 0.263 e. The highest BCUT2D eigenvalue weighted by molar-refractivity contribution is 6.45. The number of hydrogen-bond donors (Lipinski definition) is 2. The minimum atomic E-state index is -1.21. The number of nitrogen functional groups attached to an aromatic ring is 1. The molecule has 1 heterocycles. The number of nitriles is 2. The highest BCUT2D eigenvalue weighted by Crippen LogP contribution is 2.26. The van der Waals surface area contributed by atoms with E-state index in [0.717, 1.165) is 4.68 Å². The summed E-state index contributed by atoms with van der Waals surface area (Å²) in [6.45, 7) is 1.63. The average Bonchev–Trinajstić information content (AvgIpc) is 3.11. The summed E-state index contributed by atoms with van der Waals surface area (Å²) in [6.07, 6.45) is 0. The maximum atomic E-state index is 13.4. The van der Waals surface area contributed by atoms with Crippen LogP contribution in [0.1, 0.15) is 28.8 Å². The molecule has 1 aromatic heterocycles. The van der Waals surface area contributed by atoms with Crippen molar-refractivity contribution < 1.29 is 4.79 Å². The lowest BCUT2D eigenvalue weighted by atomic mass is 9.86. The number of ketones is 1. The molecular formula is C21H16Cl2N8O. The predicted octanol–water partition coefficient (Wildman–Crippen LogP) is 3.56. The summed E-state index contributed by atoms with van der Waals surface area (Å²) in [5, 5.41) is 32.3. The van der Waals surface area contributed by atoms with Crippen molar-refractivity contribution in [1.29, 1.82) is 10.5 Å². The predicted molar refractivity (Wildman–Crippen MR) is 121 cm³/mol. The zero-order chi connectivity index (χ0) is 23.3. The second-order valence-electron chi connectivity index (χ2n) is 6.64. The second kappa shape index (κ2) is 9.92. The largest absolute Gasteiger partial charge is 0.335 e. The summed E-state index contributed by atoms with van der Waals surface area (Å²) in [5.41, 5.74) is 3.27. The summed E-state index contributed by atoms with van der Waals surface area (Å²) < 4.78 is 1.14. The maximum Gasteiger partial charge on any atom is 0.263 e. The molecule has 0 spiro atoms. The number of benzene rings is 2. The lowest BCUT2D eigenvalue weighted by molar-refractivity contribution is -0.113. The SMILES string of the molecule is Cc1nnc(NN=C(C(=O)C(C#N)c2ccc(Cl)cc2)C(C#N)c2ccc(Cl)cc2)n1N. The van der Waals surface area contributed by atoms with Gasteiger partial charge in [-0.2, -0.15) is 15.6 Å². The number of Topliss-reactive ketones (excluding diaryl/α,β-unsaturated/α-hetero) is 1. The summed E-state index contributed by atoms with van der Waals surface area (Å²) in [4.78, 5) is 13.4. The number of carbonyl (C=O) groups is 1. The van der Waals surface area contributed by atoms with Crippen LogP contribution in [0.15, 0.2) is 53.6 Å². The fourth-order valence-electron chi connectivity index (χ4n) is 2.85. The third-order valence-corrected chi connectivity index (χ3v) is 5.10. The molecule has 2 aromatic carbocycles. The fraction of sp³-hybridized carbons (Fsp3) is 0.143. The highest BCUT2D eigenvalue weighted by Gasteiger charge is 2.32. The number of aromatic nitrogens is 3. The molecule has 2 atom stereocenters. The Bertz CT molecular complexity index is 1240. The molecule has 0 aliphatic carbocycles. The molecule has 0 bridgehead atoms. The summed E-state index contributed by atoms with van der Waals surface area (Å²) >= 11 is 11.9. The van der Waals surface area contributed by atoms with Crippen LogP contribution in [0, 0.1) is 29.6 Å². The number of nitrogens with zero attached hydrogens (tertiary/aromatic N) is 6. The second-order valence-corrected chi connectivity index (χ2v) is 7.51. The van der Waals surface area contributed by atoms with Crippen LogP contribution in [0.2, 0.25) is 10.0 Å². The molecule has 0 saturated carbocycles. The van der Waals surface area contributed by atoms with Crippen molar-refractivity contribution in [1.82, 2.24) is 14.9 Å². The number of halogens is 2. The minimum absolute atomic E-state index is 0.0561. The standard InChI is InChI=1S/C21H16Cl2N8O/c1-12-27-29-21(31(12)26)30-28-19(17(10-24)13-2-6-15(22)7-3-13)20(32)18(11-25)14-4-8-16(23)9-5-14/h2-9,17-18H,26H2,1H3,(H,29,30). The Balaban J connectivity index is 2.06. The summed E-state index contributed by atoms with van der Waals surface area (Å²) in [6, 6.07) is 16.8. The Morgan fingerprint density at radius 3 is 1.94 bits per heavy atom. The number of carbonyl (C=O) groups excluding carboxylic acids is 1. The van der Waals surface area contributed by atoms with E-state index < -0.39 is 17.6 Å². The van der Waals surface area contributed by atoms with Crippen LogP contribution in [0.4, 0.5) is 5.95 Å². The Kier molecular flexibility index (Phi) is 7.06. The number of anilines is 1. The maximum absolute atomic E-state index is 13.4. The lowest BCUT2D eigenvalue weighted by Gasteiger charge is -2.16. The van der Waals surface area contributed by atoms with Crippen LogP contribution in [-0.4, -0.2) is 26.4 Å². The number of nitrogens with two attached hydrogens (primary N) is 1. The topological polar surface area (TPSA) is 146 Å². The van der Waals surface area contributed by atoms with Gasteiger partial charge in [0.2, 0.25) is 5.78 Å². The van der Waals surface area contributed by atoms with Gasteiger partial charge in [0.1, 0.15) is 17.5 Å². The first-order valence-corrected chi connectivity index (χ1v) is 9.96. The molecular weight excluding hydrogens is 451 g/mol. The Labute approximate surface area is 193 Å². The monoisotopic (exact) mass is 466 g/mol. The van der Waals surface area contributed by atoms with Crippen molar-refractivity contribution in [3.8, 4) is 12.1 Å². The number of nitrogens with one attached hydrogen (secondary N) is 1. The quantitative estimate of drug-likeness (QED) is 0.307. The molecule has 0 radical (unpaired) electrons. The van der Waals surface area contributed by atoms with E-state index in [1.807, 2.05) is 6.07 Å². The zero-order valence-corrected chi connectivity index (χ0v) is 18.2. The summed E-state index contributed by atoms with van der Waals surface area (Å²) in [7, 11) is 0. The molecule has 0 saturated heterocycles. The molecule has 160 valence electrons. The van der Waals surface area contributed by atoms with Crippen LogP contribution >= 0.6 is 23.2 Å². The van der Waals surface area contributed by atoms with E-state index in [9.17, 15) is 15.3 Å². The fourth-order valence-corrected chi connectivity index (χ4v) is 3.11. The van der Waals surface area contributed by atoms with Crippen LogP contribution in [-0.2, 0) is 4.79 Å². The van der Waals surface area contributed by atoms with Gasteiger partial charge in [-0.25, -0.2) is 10.1 Å². The van der Waals surface area contributed by atoms with Crippen molar-refractivity contribution in [2.24, 2.45) is 5.10 Å². The van der Waals surface area contributed by atoms with Gasteiger partial charge in [-0.05, 0) is 42.3 Å². The number of hydrazone groups is 1. The Morgan fingerprint density at radius 2 is 1.50 bits per heavy atom.